The van der Waals surface area contributed by atoms with E-state index >= 15 is 0 Å². The Kier molecular flexibility index (Phi) is 4.17. The lowest BCUT2D eigenvalue weighted by molar-refractivity contribution is 0.102. The number of carbonyl (C=O) groups excluding carboxylic acids is 1. The summed E-state index contributed by atoms with van der Waals surface area (Å²) in [5, 5.41) is 2.56. The zero-order valence-corrected chi connectivity index (χ0v) is 11.9. The van der Waals surface area contributed by atoms with Gasteiger partial charge in [0.05, 0.1) is 43.4 Å². The van der Waals surface area contributed by atoms with Crippen molar-refractivity contribution in [3.63, 3.8) is 0 Å². The van der Waals surface area contributed by atoms with Gasteiger partial charge in [-0.15, -0.1) is 0 Å². The highest BCUT2D eigenvalue weighted by Gasteiger charge is 2.14. The zero-order valence-electron chi connectivity index (χ0n) is 11.9. The van der Waals surface area contributed by atoms with Gasteiger partial charge in [-0.1, -0.05) is 0 Å². The number of nitrogens with two attached hydrogens (primary N) is 1. The molecule has 8 heteroatoms. The molecular formula is C13H15N5O3. The molecule has 110 valence electrons. The number of hydrogen-bond donors (Lipinski definition) is 2. The van der Waals surface area contributed by atoms with Crippen LogP contribution in [0.3, 0.4) is 0 Å². The van der Waals surface area contributed by atoms with Crippen molar-refractivity contribution in [2.75, 3.05) is 25.3 Å². The Labute approximate surface area is 121 Å². The van der Waals surface area contributed by atoms with Crippen LogP contribution in [0.2, 0.25) is 0 Å². The number of amides is 1. The van der Waals surface area contributed by atoms with Gasteiger partial charge in [-0.3, -0.25) is 15.1 Å². The smallest absolute Gasteiger partial charge is 0.259 e. The Morgan fingerprint density at radius 2 is 1.81 bits per heavy atom. The number of pyridine rings is 1. The summed E-state index contributed by atoms with van der Waals surface area (Å²) in [6.07, 6.45) is 1.48. The van der Waals surface area contributed by atoms with Gasteiger partial charge in [0.2, 0.25) is 17.7 Å². The SMILES string of the molecule is COc1cc(OC)nc(NC(=O)c2cc(N)cnc2C)n1. The molecule has 0 bridgehead atoms. The second-order valence-electron chi connectivity index (χ2n) is 4.13. The van der Waals surface area contributed by atoms with E-state index in [1.54, 1.807) is 6.92 Å². The third-order valence-electron chi connectivity index (χ3n) is 2.68. The molecule has 0 aliphatic heterocycles. The van der Waals surface area contributed by atoms with Crippen molar-refractivity contribution in [1.82, 2.24) is 15.0 Å². The van der Waals surface area contributed by atoms with Crippen molar-refractivity contribution >= 4 is 17.5 Å². The molecule has 0 aliphatic rings. The Hall–Kier alpha value is -2.90. The Bertz CT molecular complexity index is 653. The van der Waals surface area contributed by atoms with Gasteiger partial charge in [0.1, 0.15) is 0 Å². The molecule has 0 radical (unpaired) electrons. The molecule has 2 aromatic rings. The van der Waals surface area contributed by atoms with Crippen LogP contribution < -0.4 is 20.5 Å². The molecular weight excluding hydrogens is 274 g/mol. The maximum Gasteiger partial charge on any atom is 0.259 e. The number of nitrogen functional groups attached to an aromatic ring is 1. The van der Waals surface area contributed by atoms with Crippen LogP contribution in [0.4, 0.5) is 11.6 Å². The van der Waals surface area contributed by atoms with Gasteiger partial charge >= 0.3 is 0 Å². The molecule has 0 saturated heterocycles. The minimum atomic E-state index is -0.414. The molecule has 2 rings (SSSR count). The average molecular weight is 289 g/mol. The van der Waals surface area contributed by atoms with Crippen molar-refractivity contribution in [2.24, 2.45) is 0 Å². The number of aromatic nitrogens is 3. The fourth-order valence-corrected chi connectivity index (χ4v) is 1.62. The van der Waals surface area contributed by atoms with E-state index in [9.17, 15) is 4.79 Å². The monoisotopic (exact) mass is 289 g/mol. The minimum absolute atomic E-state index is 0.0676. The van der Waals surface area contributed by atoms with Crippen LogP contribution in [0, 0.1) is 6.92 Å². The third kappa shape index (κ3) is 3.35. The molecule has 0 spiro atoms. The molecule has 0 aromatic carbocycles. The fraction of sp³-hybridized carbons (Fsp3) is 0.231. The number of nitrogens with zero attached hydrogens (tertiary/aromatic N) is 3. The van der Waals surface area contributed by atoms with Gasteiger partial charge in [-0.05, 0) is 13.0 Å². The van der Waals surface area contributed by atoms with Crippen LogP contribution >= 0.6 is 0 Å². The predicted molar refractivity (Wildman–Crippen MR) is 76.5 cm³/mol. The highest BCUT2D eigenvalue weighted by Crippen LogP contribution is 2.18. The third-order valence-corrected chi connectivity index (χ3v) is 2.68. The first-order valence-electron chi connectivity index (χ1n) is 6.04. The van der Waals surface area contributed by atoms with Gasteiger partial charge in [-0.2, -0.15) is 9.97 Å². The molecule has 0 atom stereocenters. The van der Waals surface area contributed by atoms with Crippen LogP contribution in [0.1, 0.15) is 16.1 Å². The molecule has 0 fully saturated rings. The minimum Gasteiger partial charge on any atom is -0.481 e. The predicted octanol–water partition coefficient (Wildman–Crippen LogP) is 1.03. The standard InChI is InChI=1S/C13H15N5O3/c1-7-9(4-8(14)6-15-7)12(19)18-13-16-10(20-2)5-11(17-13)21-3/h4-6H,14H2,1-3H3,(H,16,17,18,19). The summed E-state index contributed by atoms with van der Waals surface area (Å²) in [7, 11) is 2.92. The summed E-state index contributed by atoms with van der Waals surface area (Å²) in [6, 6.07) is 3.04. The first kappa shape index (κ1) is 14.5. The van der Waals surface area contributed by atoms with Gasteiger partial charge in [0.15, 0.2) is 0 Å². The van der Waals surface area contributed by atoms with E-state index in [4.69, 9.17) is 15.2 Å². The summed E-state index contributed by atoms with van der Waals surface area (Å²) in [4.78, 5) is 24.3. The zero-order chi connectivity index (χ0) is 15.4. The topological polar surface area (TPSA) is 112 Å². The van der Waals surface area contributed by atoms with Gasteiger partial charge in [0, 0.05) is 0 Å². The largest absolute Gasteiger partial charge is 0.481 e. The first-order valence-corrected chi connectivity index (χ1v) is 6.04. The Balaban J connectivity index is 2.28. The molecule has 2 heterocycles. The van der Waals surface area contributed by atoms with Crippen LogP contribution in [0.25, 0.3) is 0 Å². The van der Waals surface area contributed by atoms with Crippen LogP contribution in [0.15, 0.2) is 18.3 Å². The summed E-state index contributed by atoms with van der Waals surface area (Å²) in [6.45, 7) is 1.71. The van der Waals surface area contributed by atoms with Gasteiger partial charge in [0.25, 0.3) is 5.91 Å². The van der Waals surface area contributed by atoms with Crippen molar-refractivity contribution in [3.8, 4) is 11.8 Å². The Morgan fingerprint density at radius 1 is 1.19 bits per heavy atom. The average Bonchev–Trinajstić information content (AvgIpc) is 2.49. The normalized spacial score (nSPS) is 10.0. The van der Waals surface area contributed by atoms with E-state index in [-0.39, 0.29) is 17.7 Å². The van der Waals surface area contributed by atoms with Gasteiger partial charge in [-0.25, -0.2) is 0 Å². The lowest BCUT2D eigenvalue weighted by atomic mass is 10.2. The highest BCUT2D eigenvalue weighted by molar-refractivity contribution is 6.04. The number of hydrogen-bond acceptors (Lipinski definition) is 7. The van der Waals surface area contributed by atoms with Crippen LogP contribution in [0.5, 0.6) is 11.8 Å². The molecule has 0 saturated carbocycles. The number of aryl methyl sites for hydroxylation is 1. The van der Waals surface area contributed by atoms with Crippen molar-refractivity contribution in [1.29, 1.82) is 0 Å². The first-order chi connectivity index (χ1) is 10.0. The summed E-state index contributed by atoms with van der Waals surface area (Å²) < 4.78 is 10.0. The molecule has 0 aliphatic carbocycles. The molecule has 21 heavy (non-hydrogen) atoms. The fourth-order valence-electron chi connectivity index (χ4n) is 1.62. The van der Waals surface area contributed by atoms with E-state index in [1.807, 2.05) is 0 Å². The van der Waals surface area contributed by atoms with Crippen molar-refractivity contribution in [3.05, 3.63) is 29.6 Å². The Morgan fingerprint density at radius 3 is 2.38 bits per heavy atom. The maximum absolute atomic E-state index is 12.2. The van der Waals surface area contributed by atoms with E-state index in [1.165, 1.54) is 32.5 Å². The number of methoxy groups -OCH3 is 2. The quantitative estimate of drug-likeness (QED) is 0.864. The number of carbonyl (C=O) groups is 1. The molecule has 8 nitrogen and oxygen atoms in total. The van der Waals surface area contributed by atoms with E-state index in [0.29, 0.717) is 16.9 Å². The molecule has 1 amide bonds. The number of nitrogens with one attached hydrogen (secondary N) is 1. The van der Waals surface area contributed by atoms with Crippen molar-refractivity contribution in [2.45, 2.75) is 6.92 Å². The highest BCUT2D eigenvalue weighted by atomic mass is 16.5. The van der Waals surface area contributed by atoms with Crippen molar-refractivity contribution < 1.29 is 14.3 Å². The van der Waals surface area contributed by atoms with E-state index in [0.717, 1.165) is 0 Å². The van der Waals surface area contributed by atoms with Crippen LogP contribution in [-0.2, 0) is 0 Å². The van der Waals surface area contributed by atoms with E-state index in [2.05, 4.69) is 20.3 Å². The molecule has 0 unspecified atom stereocenters. The summed E-state index contributed by atoms with van der Waals surface area (Å²) >= 11 is 0. The van der Waals surface area contributed by atoms with Gasteiger partial charge < -0.3 is 15.2 Å². The summed E-state index contributed by atoms with van der Waals surface area (Å²) in [5.74, 6) is 0.208. The summed E-state index contributed by atoms with van der Waals surface area (Å²) in [5.41, 5.74) is 6.93. The maximum atomic E-state index is 12.2. The number of ether oxygens (including phenoxy) is 2. The lowest BCUT2D eigenvalue weighted by Gasteiger charge is -2.09. The lowest BCUT2D eigenvalue weighted by Crippen LogP contribution is -2.16. The molecule has 3 N–H and O–H groups in total. The second kappa shape index (κ2) is 6.04. The number of anilines is 2. The number of rotatable bonds is 4. The molecule has 2 aromatic heterocycles. The second-order valence-corrected chi connectivity index (χ2v) is 4.13. The van der Waals surface area contributed by atoms with E-state index < -0.39 is 5.91 Å². The van der Waals surface area contributed by atoms with Crippen LogP contribution in [-0.4, -0.2) is 35.1 Å².